The van der Waals surface area contributed by atoms with Crippen molar-refractivity contribution < 1.29 is 14.1 Å². The van der Waals surface area contributed by atoms with Crippen LogP contribution in [-0.4, -0.2) is 41.0 Å². The van der Waals surface area contributed by atoms with Gasteiger partial charge in [0.2, 0.25) is 0 Å². The van der Waals surface area contributed by atoms with Crippen molar-refractivity contribution in [3.05, 3.63) is 29.8 Å². The van der Waals surface area contributed by atoms with Gasteiger partial charge < -0.3 is 15.2 Å². The van der Waals surface area contributed by atoms with Gasteiger partial charge in [-0.2, -0.15) is 0 Å². The van der Waals surface area contributed by atoms with E-state index in [0.29, 0.717) is 24.6 Å². The molecule has 4 nitrogen and oxygen atoms in total. The Labute approximate surface area is 111 Å². The Balaban J connectivity index is 2.31. The average Bonchev–Trinajstić information content (AvgIpc) is 2.43. The van der Waals surface area contributed by atoms with E-state index < -0.39 is 16.9 Å². The van der Waals surface area contributed by atoms with Gasteiger partial charge in [-0.05, 0) is 17.7 Å². The zero-order chi connectivity index (χ0) is 13.4. The lowest BCUT2D eigenvalue weighted by molar-refractivity contribution is 0.175. The van der Waals surface area contributed by atoms with Crippen LogP contribution in [0.15, 0.2) is 24.3 Å². The molecular formula is C13H21NO3S. The van der Waals surface area contributed by atoms with Crippen molar-refractivity contribution in [2.75, 3.05) is 31.7 Å². The molecule has 5 heteroatoms. The van der Waals surface area contributed by atoms with Gasteiger partial charge in [0.25, 0.3) is 0 Å². The molecule has 102 valence electrons. The Hall–Kier alpha value is -0.910. The quantitative estimate of drug-likeness (QED) is 0.695. The van der Waals surface area contributed by atoms with Gasteiger partial charge in [-0.25, -0.2) is 0 Å². The number of nitrogens with one attached hydrogen (secondary N) is 1. The van der Waals surface area contributed by atoms with Gasteiger partial charge in [-0.3, -0.25) is 4.21 Å². The normalized spacial score (nSPS) is 14.2. The van der Waals surface area contributed by atoms with Gasteiger partial charge in [0, 0.05) is 35.4 Å². The highest BCUT2D eigenvalue weighted by molar-refractivity contribution is 7.84. The van der Waals surface area contributed by atoms with Gasteiger partial charge in [0.05, 0.1) is 13.2 Å². The monoisotopic (exact) mass is 271 g/mol. The Morgan fingerprint density at radius 1 is 1.39 bits per heavy atom. The van der Waals surface area contributed by atoms with E-state index in [4.69, 9.17) is 4.74 Å². The molecule has 0 saturated heterocycles. The van der Waals surface area contributed by atoms with Crippen LogP contribution in [-0.2, 0) is 10.8 Å². The molecule has 2 N–H and O–H groups in total. The Kier molecular flexibility index (Phi) is 6.93. The van der Waals surface area contributed by atoms with Crippen LogP contribution in [0.2, 0.25) is 0 Å². The molecular weight excluding hydrogens is 250 g/mol. The molecule has 0 heterocycles. The fourth-order valence-corrected chi connectivity index (χ4v) is 2.17. The van der Waals surface area contributed by atoms with Crippen molar-refractivity contribution >= 4 is 10.8 Å². The summed E-state index contributed by atoms with van der Waals surface area (Å²) < 4.78 is 16.2. The molecule has 0 aromatic heterocycles. The molecule has 2 unspecified atom stereocenters. The summed E-state index contributed by atoms with van der Waals surface area (Å²) in [5.41, 5.74) is 0.847. The summed E-state index contributed by atoms with van der Waals surface area (Å²) in [7, 11) is 0.861. The molecule has 0 spiro atoms. The molecule has 0 saturated carbocycles. The average molecular weight is 271 g/mol. The van der Waals surface area contributed by atoms with E-state index in [1.807, 2.05) is 31.2 Å². The van der Waals surface area contributed by atoms with Crippen molar-refractivity contribution in [1.82, 2.24) is 5.32 Å². The number of methoxy groups -OCH3 is 1. The molecule has 2 atom stereocenters. The third-order valence-corrected chi connectivity index (χ3v) is 3.97. The maximum Gasteiger partial charge on any atom is 0.118 e. The van der Waals surface area contributed by atoms with Gasteiger partial charge in [-0.1, -0.05) is 19.1 Å². The summed E-state index contributed by atoms with van der Waals surface area (Å²) >= 11 is 0. The first-order valence-corrected chi connectivity index (χ1v) is 7.54. The van der Waals surface area contributed by atoms with E-state index in [-0.39, 0.29) is 0 Å². The zero-order valence-electron chi connectivity index (χ0n) is 10.9. The van der Waals surface area contributed by atoms with Crippen LogP contribution in [0.3, 0.4) is 0 Å². The first-order valence-electron chi connectivity index (χ1n) is 6.05. The van der Waals surface area contributed by atoms with Crippen LogP contribution in [0.4, 0.5) is 0 Å². The van der Waals surface area contributed by atoms with Crippen molar-refractivity contribution in [3.8, 4) is 5.75 Å². The first-order chi connectivity index (χ1) is 8.67. The second kappa shape index (κ2) is 8.24. The molecule has 0 aliphatic carbocycles. The minimum atomic E-state index is -0.751. The van der Waals surface area contributed by atoms with Crippen LogP contribution in [0.25, 0.3) is 0 Å². The third-order valence-electron chi connectivity index (χ3n) is 2.67. The fourth-order valence-electron chi connectivity index (χ4n) is 1.51. The molecule has 0 fully saturated rings. The third kappa shape index (κ3) is 5.16. The number of hydrogen-bond donors (Lipinski definition) is 2. The van der Waals surface area contributed by atoms with Crippen LogP contribution >= 0.6 is 0 Å². The summed E-state index contributed by atoms with van der Waals surface area (Å²) in [4.78, 5) is 0. The smallest absolute Gasteiger partial charge is 0.118 e. The maximum atomic E-state index is 11.2. The Morgan fingerprint density at radius 2 is 2.06 bits per heavy atom. The second-order valence-corrected chi connectivity index (χ2v) is 5.79. The number of hydrogen-bond acceptors (Lipinski definition) is 4. The fraction of sp³-hybridized carbons (Fsp3) is 0.538. The molecule has 0 aliphatic rings. The summed E-state index contributed by atoms with van der Waals surface area (Å²) in [6, 6.07) is 7.33. The van der Waals surface area contributed by atoms with E-state index in [1.165, 1.54) is 0 Å². The van der Waals surface area contributed by atoms with Crippen LogP contribution in [0.5, 0.6) is 5.75 Å². The number of aliphatic hydroxyl groups excluding tert-OH is 1. The van der Waals surface area contributed by atoms with Gasteiger partial charge in [-0.15, -0.1) is 0 Å². The molecule has 18 heavy (non-hydrogen) atoms. The summed E-state index contributed by atoms with van der Waals surface area (Å²) in [6.45, 7) is 3.03. The highest BCUT2D eigenvalue weighted by atomic mass is 32.2. The van der Waals surface area contributed by atoms with Crippen LogP contribution in [0.1, 0.15) is 18.6 Å². The lowest BCUT2D eigenvalue weighted by Crippen LogP contribution is -2.26. The van der Waals surface area contributed by atoms with Crippen molar-refractivity contribution in [2.24, 2.45) is 0 Å². The lowest BCUT2D eigenvalue weighted by atomic mass is 10.1. The van der Waals surface area contributed by atoms with Gasteiger partial charge in [0.15, 0.2) is 0 Å². The molecule has 0 amide bonds. The number of ether oxygens (including phenoxy) is 1. The maximum absolute atomic E-state index is 11.2. The van der Waals surface area contributed by atoms with E-state index in [2.05, 4.69) is 5.32 Å². The molecule has 0 aliphatic heterocycles. The number of aliphatic hydroxyl groups is 1. The largest absolute Gasteiger partial charge is 0.497 e. The first kappa shape index (κ1) is 15.1. The van der Waals surface area contributed by atoms with Crippen LogP contribution < -0.4 is 10.1 Å². The molecule has 0 bridgehead atoms. The summed E-state index contributed by atoms with van der Waals surface area (Å²) in [6.07, 6.45) is -0.550. The number of rotatable bonds is 8. The molecule has 1 rings (SSSR count). The number of benzene rings is 1. The standard InChI is InChI=1S/C13H21NO3S/c1-3-18(16)9-8-14-10-13(15)11-4-6-12(17-2)7-5-11/h4-7,13-15H,3,8-10H2,1-2H3. The minimum absolute atomic E-state index is 0.466. The van der Waals surface area contributed by atoms with Gasteiger partial charge >= 0.3 is 0 Å². The second-order valence-electron chi connectivity index (χ2n) is 3.93. The Bertz CT molecular complexity index is 367. The highest BCUT2D eigenvalue weighted by Gasteiger charge is 2.07. The predicted octanol–water partition coefficient (Wildman–Crippen LogP) is 1.09. The summed E-state index contributed by atoms with van der Waals surface area (Å²) in [5, 5.41) is 13.0. The SMILES string of the molecule is CCS(=O)CCNCC(O)c1ccc(OC)cc1. The molecule has 1 aromatic carbocycles. The molecule has 0 radical (unpaired) electrons. The van der Waals surface area contributed by atoms with Gasteiger partial charge in [0.1, 0.15) is 5.75 Å². The topological polar surface area (TPSA) is 58.6 Å². The van der Waals surface area contributed by atoms with Crippen molar-refractivity contribution in [1.29, 1.82) is 0 Å². The van der Waals surface area contributed by atoms with E-state index in [9.17, 15) is 9.32 Å². The summed E-state index contributed by atoms with van der Waals surface area (Å²) in [5.74, 6) is 2.09. The molecule has 1 aromatic rings. The van der Waals surface area contributed by atoms with E-state index >= 15 is 0 Å². The van der Waals surface area contributed by atoms with E-state index in [1.54, 1.807) is 7.11 Å². The lowest BCUT2D eigenvalue weighted by Gasteiger charge is -2.12. The van der Waals surface area contributed by atoms with Crippen molar-refractivity contribution in [2.45, 2.75) is 13.0 Å². The van der Waals surface area contributed by atoms with E-state index in [0.717, 1.165) is 11.3 Å². The zero-order valence-corrected chi connectivity index (χ0v) is 11.7. The minimum Gasteiger partial charge on any atom is -0.497 e. The van der Waals surface area contributed by atoms with Crippen LogP contribution in [0, 0.1) is 0 Å². The highest BCUT2D eigenvalue weighted by Crippen LogP contribution is 2.16. The Morgan fingerprint density at radius 3 is 2.61 bits per heavy atom. The van der Waals surface area contributed by atoms with Crippen molar-refractivity contribution in [3.63, 3.8) is 0 Å². The predicted molar refractivity (Wildman–Crippen MR) is 74.4 cm³/mol.